The summed E-state index contributed by atoms with van der Waals surface area (Å²) >= 11 is 1.62. The average Bonchev–Trinajstić information content (AvgIpc) is 3.33. The summed E-state index contributed by atoms with van der Waals surface area (Å²) < 4.78 is 13.9. The molecule has 0 unspecified atom stereocenters. The van der Waals surface area contributed by atoms with Gasteiger partial charge in [-0.3, -0.25) is 4.79 Å². The molecule has 1 amide bonds. The first-order valence-corrected chi connectivity index (χ1v) is 11.0. The minimum Gasteiger partial charge on any atom is -0.335 e. The van der Waals surface area contributed by atoms with Gasteiger partial charge in [-0.15, -0.1) is 11.3 Å². The SMILES string of the molecule is Cc1nc(CCC(=O)N2C[C@@H]3CN(C(C)C)C[C@@H]3[C@H]2c2cccc(F)c2)cs1. The Labute approximate surface area is 170 Å². The van der Waals surface area contributed by atoms with Gasteiger partial charge in [0.15, 0.2) is 0 Å². The molecule has 3 heterocycles. The summed E-state index contributed by atoms with van der Waals surface area (Å²) in [7, 11) is 0. The fourth-order valence-electron chi connectivity index (χ4n) is 4.78. The van der Waals surface area contributed by atoms with Crippen molar-refractivity contribution >= 4 is 17.2 Å². The predicted octanol–water partition coefficient (Wildman–Crippen LogP) is 4.06. The van der Waals surface area contributed by atoms with Gasteiger partial charge in [0.2, 0.25) is 5.91 Å². The molecule has 0 aliphatic carbocycles. The molecule has 3 atom stereocenters. The van der Waals surface area contributed by atoms with Crippen molar-refractivity contribution in [2.24, 2.45) is 11.8 Å². The Bertz CT molecular complexity index is 852. The second-order valence-corrected chi connectivity index (χ2v) is 9.44. The normalized spacial score (nSPS) is 24.9. The summed E-state index contributed by atoms with van der Waals surface area (Å²) in [6.45, 7) is 9.18. The number of aryl methyl sites for hydroxylation is 2. The fraction of sp³-hybridized carbons (Fsp3) is 0.545. The number of aromatic nitrogens is 1. The minimum absolute atomic E-state index is 0.0332. The minimum atomic E-state index is -0.231. The number of carbonyl (C=O) groups is 1. The summed E-state index contributed by atoms with van der Waals surface area (Å²) in [5.74, 6) is 0.756. The van der Waals surface area contributed by atoms with Crippen molar-refractivity contribution in [2.75, 3.05) is 19.6 Å². The van der Waals surface area contributed by atoms with Crippen molar-refractivity contribution in [1.29, 1.82) is 0 Å². The first-order chi connectivity index (χ1) is 13.4. The maximum Gasteiger partial charge on any atom is 0.223 e. The highest BCUT2D eigenvalue weighted by molar-refractivity contribution is 7.09. The van der Waals surface area contributed by atoms with E-state index in [2.05, 4.69) is 23.7 Å². The fourth-order valence-corrected chi connectivity index (χ4v) is 5.42. The number of amides is 1. The van der Waals surface area contributed by atoms with Crippen LogP contribution < -0.4 is 0 Å². The first-order valence-electron chi connectivity index (χ1n) is 10.1. The van der Waals surface area contributed by atoms with Gasteiger partial charge < -0.3 is 9.80 Å². The lowest BCUT2D eigenvalue weighted by Gasteiger charge is -2.31. The van der Waals surface area contributed by atoms with Gasteiger partial charge in [-0.1, -0.05) is 12.1 Å². The van der Waals surface area contributed by atoms with Gasteiger partial charge in [0.25, 0.3) is 0 Å². The highest BCUT2D eigenvalue weighted by Crippen LogP contribution is 2.45. The largest absolute Gasteiger partial charge is 0.335 e. The number of rotatable bonds is 5. The number of fused-ring (bicyclic) bond motifs is 1. The Hall–Kier alpha value is -1.79. The zero-order chi connectivity index (χ0) is 19.8. The number of thiazole rings is 1. The second-order valence-electron chi connectivity index (χ2n) is 8.38. The monoisotopic (exact) mass is 401 g/mol. The Morgan fingerprint density at radius 2 is 2.14 bits per heavy atom. The van der Waals surface area contributed by atoms with E-state index in [9.17, 15) is 9.18 Å². The van der Waals surface area contributed by atoms with Crippen molar-refractivity contribution in [3.8, 4) is 0 Å². The highest BCUT2D eigenvalue weighted by atomic mass is 32.1. The molecule has 4 nitrogen and oxygen atoms in total. The van der Waals surface area contributed by atoms with Crippen LogP contribution >= 0.6 is 11.3 Å². The van der Waals surface area contributed by atoms with Gasteiger partial charge in [-0.05, 0) is 50.8 Å². The van der Waals surface area contributed by atoms with E-state index in [0.717, 1.165) is 35.9 Å². The summed E-state index contributed by atoms with van der Waals surface area (Å²) in [6.07, 6.45) is 1.13. The molecule has 0 saturated carbocycles. The van der Waals surface area contributed by atoms with Crippen molar-refractivity contribution < 1.29 is 9.18 Å². The van der Waals surface area contributed by atoms with E-state index in [1.165, 1.54) is 6.07 Å². The molecule has 1 aromatic heterocycles. The lowest BCUT2D eigenvalue weighted by molar-refractivity contribution is -0.132. The van der Waals surface area contributed by atoms with Crippen LogP contribution in [0.15, 0.2) is 29.6 Å². The molecule has 0 spiro atoms. The number of benzene rings is 1. The number of halogens is 1. The molecule has 2 saturated heterocycles. The van der Waals surface area contributed by atoms with Crippen molar-refractivity contribution in [2.45, 2.75) is 45.7 Å². The second kappa shape index (κ2) is 7.91. The van der Waals surface area contributed by atoms with Gasteiger partial charge in [0.1, 0.15) is 5.82 Å². The van der Waals surface area contributed by atoms with E-state index >= 15 is 0 Å². The van der Waals surface area contributed by atoms with Crippen molar-refractivity contribution in [3.05, 3.63) is 51.7 Å². The maximum absolute atomic E-state index is 13.9. The number of nitrogens with zero attached hydrogens (tertiary/aromatic N) is 3. The van der Waals surface area contributed by atoms with E-state index in [1.54, 1.807) is 23.5 Å². The summed E-state index contributed by atoms with van der Waals surface area (Å²) in [6, 6.07) is 7.27. The summed E-state index contributed by atoms with van der Waals surface area (Å²) in [5.41, 5.74) is 1.92. The number of hydrogen-bond donors (Lipinski definition) is 0. The van der Waals surface area contributed by atoms with Crippen molar-refractivity contribution in [1.82, 2.24) is 14.8 Å². The Morgan fingerprint density at radius 3 is 2.82 bits per heavy atom. The third kappa shape index (κ3) is 3.85. The average molecular weight is 402 g/mol. The van der Waals surface area contributed by atoms with Crippen LogP contribution in [-0.2, 0) is 11.2 Å². The third-order valence-electron chi connectivity index (χ3n) is 6.19. The van der Waals surface area contributed by atoms with E-state index in [-0.39, 0.29) is 17.8 Å². The molecular formula is C22H28FN3OS. The molecule has 2 aliphatic heterocycles. The Kier molecular flexibility index (Phi) is 5.52. The van der Waals surface area contributed by atoms with Gasteiger partial charge in [0.05, 0.1) is 16.7 Å². The number of likely N-dealkylation sites (tertiary alicyclic amines) is 2. The molecule has 150 valence electrons. The van der Waals surface area contributed by atoms with E-state index in [1.807, 2.05) is 23.3 Å². The van der Waals surface area contributed by atoms with E-state index in [0.29, 0.717) is 30.7 Å². The zero-order valence-corrected chi connectivity index (χ0v) is 17.6. The van der Waals surface area contributed by atoms with Gasteiger partial charge in [-0.2, -0.15) is 0 Å². The van der Waals surface area contributed by atoms with Crippen LogP contribution in [0, 0.1) is 24.6 Å². The Morgan fingerprint density at radius 1 is 1.32 bits per heavy atom. The Balaban J connectivity index is 1.54. The molecule has 2 aromatic rings. The maximum atomic E-state index is 13.9. The summed E-state index contributed by atoms with van der Waals surface area (Å²) in [5, 5.41) is 3.07. The van der Waals surface area contributed by atoms with Crippen LogP contribution in [0.1, 0.15) is 42.6 Å². The van der Waals surface area contributed by atoms with Gasteiger partial charge in [0, 0.05) is 43.4 Å². The molecule has 6 heteroatoms. The van der Waals surface area contributed by atoms with Crippen LogP contribution in [0.25, 0.3) is 0 Å². The molecule has 1 aromatic carbocycles. The third-order valence-corrected chi connectivity index (χ3v) is 7.02. The van der Waals surface area contributed by atoms with E-state index < -0.39 is 0 Å². The first kappa shape index (κ1) is 19.5. The summed E-state index contributed by atoms with van der Waals surface area (Å²) in [4.78, 5) is 22.1. The van der Waals surface area contributed by atoms with Crippen molar-refractivity contribution in [3.63, 3.8) is 0 Å². The smallest absolute Gasteiger partial charge is 0.223 e. The molecule has 0 N–H and O–H groups in total. The van der Waals surface area contributed by atoms with Gasteiger partial charge >= 0.3 is 0 Å². The lowest BCUT2D eigenvalue weighted by atomic mass is 9.89. The van der Waals surface area contributed by atoms with Gasteiger partial charge in [-0.25, -0.2) is 9.37 Å². The number of hydrogen-bond acceptors (Lipinski definition) is 4. The molecule has 28 heavy (non-hydrogen) atoms. The van der Waals surface area contributed by atoms with Crippen LogP contribution in [0.2, 0.25) is 0 Å². The molecular weight excluding hydrogens is 373 g/mol. The van der Waals surface area contributed by atoms with Crippen LogP contribution in [0.4, 0.5) is 4.39 Å². The molecule has 2 fully saturated rings. The lowest BCUT2D eigenvalue weighted by Crippen LogP contribution is -2.37. The molecule has 0 radical (unpaired) electrons. The van der Waals surface area contributed by atoms with Crippen LogP contribution in [-0.4, -0.2) is 46.4 Å². The quantitative estimate of drug-likeness (QED) is 0.758. The predicted molar refractivity (Wildman–Crippen MR) is 110 cm³/mol. The highest BCUT2D eigenvalue weighted by Gasteiger charge is 2.49. The standard InChI is InChI=1S/C22H28FN3OS/c1-14(2)25-10-17-11-26(21(27)8-7-19-13-28-15(3)24-19)22(20(17)12-25)16-5-4-6-18(23)9-16/h4-6,9,13-14,17,20,22H,7-8,10-12H2,1-3H3/t17-,20-,22+/m0/s1. The topological polar surface area (TPSA) is 36.4 Å². The van der Waals surface area contributed by atoms with E-state index in [4.69, 9.17) is 0 Å². The molecule has 4 rings (SSSR count). The van der Waals surface area contributed by atoms with Crippen LogP contribution in [0.5, 0.6) is 0 Å². The zero-order valence-electron chi connectivity index (χ0n) is 16.8. The molecule has 0 bridgehead atoms. The number of carbonyl (C=O) groups excluding carboxylic acids is 1. The molecule has 2 aliphatic rings. The van der Waals surface area contributed by atoms with Crippen LogP contribution in [0.3, 0.4) is 0 Å².